The van der Waals surface area contributed by atoms with Gasteiger partial charge in [-0.05, 0) is 60.9 Å². The van der Waals surface area contributed by atoms with Gasteiger partial charge in [0.15, 0.2) is 0 Å². The van der Waals surface area contributed by atoms with Crippen LogP contribution in [0.4, 0.5) is 0 Å². The third kappa shape index (κ3) is 6.74. The zero-order valence-electron chi connectivity index (χ0n) is 17.9. The van der Waals surface area contributed by atoms with E-state index < -0.39 is 0 Å². The number of aryl methyl sites for hydroxylation is 3. The Bertz CT molecular complexity index is 835. The zero-order valence-corrected chi connectivity index (χ0v) is 17.9. The average molecular weight is 388 g/mol. The molecular formula is C27H33NO. The van der Waals surface area contributed by atoms with Crippen molar-refractivity contribution < 1.29 is 4.74 Å². The topological polar surface area (TPSA) is 22.1 Å². The molecule has 152 valence electrons. The van der Waals surface area contributed by atoms with E-state index in [2.05, 4.69) is 67.4 Å². The maximum atomic E-state index is 5.69. The van der Waals surface area contributed by atoms with Crippen LogP contribution in [0, 0.1) is 0 Å². The Morgan fingerprint density at radius 1 is 0.655 bits per heavy atom. The molecule has 0 amide bonds. The Morgan fingerprint density at radius 3 is 1.79 bits per heavy atom. The summed E-state index contributed by atoms with van der Waals surface area (Å²) in [4.78, 5) is 4.56. The molecule has 0 bridgehead atoms. The number of aromatic nitrogens is 1. The maximum absolute atomic E-state index is 5.69. The molecule has 3 rings (SSSR count). The van der Waals surface area contributed by atoms with E-state index >= 15 is 0 Å². The molecule has 0 fully saturated rings. The van der Waals surface area contributed by atoms with E-state index in [0.717, 1.165) is 49.3 Å². The normalized spacial score (nSPS) is 10.8. The summed E-state index contributed by atoms with van der Waals surface area (Å²) in [5.41, 5.74) is 6.36. The molecule has 0 radical (unpaired) electrons. The molecule has 0 aliphatic heterocycles. The van der Waals surface area contributed by atoms with Gasteiger partial charge in [-0.1, -0.05) is 75.2 Å². The number of unbranched alkanes of at least 4 members (excludes halogenated alkanes) is 2. The first kappa shape index (κ1) is 21.1. The van der Waals surface area contributed by atoms with Gasteiger partial charge in [0.05, 0.1) is 18.5 Å². The summed E-state index contributed by atoms with van der Waals surface area (Å²) < 4.78 is 5.69. The van der Waals surface area contributed by atoms with Crippen molar-refractivity contribution in [1.29, 1.82) is 0 Å². The average Bonchev–Trinajstić information content (AvgIpc) is 2.78. The van der Waals surface area contributed by atoms with Gasteiger partial charge in [0.1, 0.15) is 5.75 Å². The number of ether oxygens (including phenoxy) is 1. The summed E-state index contributed by atoms with van der Waals surface area (Å²) in [7, 11) is 0. The molecule has 0 saturated heterocycles. The van der Waals surface area contributed by atoms with Crippen molar-refractivity contribution in [3.8, 4) is 17.0 Å². The molecule has 29 heavy (non-hydrogen) atoms. The maximum Gasteiger partial charge on any atom is 0.137 e. The highest BCUT2D eigenvalue weighted by Gasteiger charge is 2.02. The lowest BCUT2D eigenvalue weighted by atomic mass is 10.0. The summed E-state index contributed by atoms with van der Waals surface area (Å²) in [5.74, 6) is 0.847. The van der Waals surface area contributed by atoms with Gasteiger partial charge in [-0.25, -0.2) is 0 Å². The van der Waals surface area contributed by atoms with Crippen LogP contribution >= 0.6 is 0 Å². The molecule has 0 unspecified atom stereocenters. The molecule has 0 spiro atoms. The van der Waals surface area contributed by atoms with Gasteiger partial charge >= 0.3 is 0 Å². The Balaban J connectivity index is 1.52. The fraction of sp³-hybridized carbons (Fsp3) is 0.370. The third-order valence-electron chi connectivity index (χ3n) is 5.30. The second kappa shape index (κ2) is 11.4. The fourth-order valence-electron chi connectivity index (χ4n) is 3.36. The van der Waals surface area contributed by atoms with Crippen molar-refractivity contribution >= 4 is 0 Å². The summed E-state index contributed by atoms with van der Waals surface area (Å²) in [6.07, 6.45) is 9.90. The first-order valence-electron chi connectivity index (χ1n) is 11.0. The standard InChI is InChI=1S/C27H33NO/c1-3-5-7-22-8-10-23(11-9-22)12-13-24-14-16-25(17-15-24)27-19-18-26(21-28-27)29-20-6-4-2/h8-11,14-19,21H,3-7,12-13,20H2,1-2H3. The molecule has 3 aromatic rings. The van der Waals surface area contributed by atoms with Gasteiger partial charge in [-0.2, -0.15) is 0 Å². The smallest absolute Gasteiger partial charge is 0.137 e. The van der Waals surface area contributed by atoms with Crippen LogP contribution in [0.25, 0.3) is 11.3 Å². The molecule has 1 heterocycles. The van der Waals surface area contributed by atoms with Crippen LogP contribution in [0.5, 0.6) is 5.75 Å². The van der Waals surface area contributed by atoms with Crippen molar-refractivity contribution in [2.75, 3.05) is 6.61 Å². The SMILES string of the molecule is CCCCOc1ccc(-c2ccc(CCc3ccc(CCCC)cc3)cc2)nc1. The van der Waals surface area contributed by atoms with E-state index in [1.54, 1.807) is 0 Å². The van der Waals surface area contributed by atoms with Gasteiger partial charge in [0, 0.05) is 5.56 Å². The van der Waals surface area contributed by atoms with Gasteiger partial charge in [-0.15, -0.1) is 0 Å². The molecule has 2 nitrogen and oxygen atoms in total. The van der Waals surface area contributed by atoms with Gasteiger partial charge in [0.2, 0.25) is 0 Å². The van der Waals surface area contributed by atoms with Crippen LogP contribution in [-0.2, 0) is 19.3 Å². The molecular weight excluding hydrogens is 354 g/mol. The second-order valence-electron chi connectivity index (χ2n) is 7.70. The number of pyridine rings is 1. The summed E-state index contributed by atoms with van der Waals surface area (Å²) in [6, 6.07) is 22.0. The molecule has 2 heteroatoms. The Kier molecular flexibility index (Phi) is 8.30. The van der Waals surface area contributed by atoms with Gasteiger partial charge < -0.3 is 4.74 Å². The number of hydrogen-bond acceptors (Lipinski definition) is 2. The van der Waals surface area contributed by atoms with E-state index in [0.29, 0.717) is 0 Å². The molecule has 0 aliphatic rings. The molecule has 2 aromatic carbocycles. The lowest BCUT2D eigenvalue weighted by Crippen LogP contribution is -1.97. The van der Waals surface area contributed by atoms with E-state index in [1.165, 1.54) is 36.0 Å². The highest BCUT2D eigenvalue weighted by atomic mass is 16.5. The Hall–Kier alpha value is -2.61. The Morgan fingerprint density at radius 2 is 1.24 bits per heavy atom. The third-order valence-corrected chi connectivity index (χ3v) is 5.30. The lowest BCUT2D eigenvalue weighted by molar-refractivity contribution is 0.308. The van der Waals surface area contributed by atoms with Crippen molar-refractivity contribution in [2.24, 2.45) is 0 Å². The summed E-state index contributed by atoms with van der Waals surface area (Å²) in [5, 5.41) is 0. The van der Waals surface area contributed by atoms with Crippen molar-refractivity contribution in [1.82, 2.24) is 4.98 Å². The lowest BCUT2D eigenvalue weighted by Gasteiger charge is -2.07. The first-order chi connectivity index (χ1) is 14.3. The predicted molar refractivity (Wildman–Crippen MR) is 123 cm³/mol. The number of benzene rings is 2. The molecule has 0 N–H and O–H groups in total. The van der Waals surface area contributed by atoms with E-state index in [9.17, 15) is 0 Å². The summed E-state index contributed by atoms with van der Waals surface area (Å²) in [6.45, 7) is 5.17. The first-order valence-corrected chi connectivity index (χ1v) is 11.0. The molecule has 1 aromatic heterocycles. The van der Waals surface area contributed by atoms with Gasteiger partial charge in [0.25, 0.3) is 0 Å². The minimum Gasteiger partial charge on any atom is -0.492 e. The summed E-state index contributed by atoms with van der Waals surface area (Å²) >= 11 is 0. The van der Waals surface area contributed by atoms with E-state index in [4.69, 9.17) is 4.74 Å². The minimum atomic E-state index is 0.758. The predicted octanol–water partition coefficient (Wildman–Crippen LogP) is 7.06. The van der Waals surface area contributed by atoms with Crippen LogP contribution in [0.15, 0.2) is 66.9 Å². The Labute approximate surface area is 176 Å². The van der Waals surface area contributed by atoms with Crippen LogP contribution in [-0.4, -0.2) is 11.6 Å². The van der Waals surface area contributed by atoms with E-state index in [1.807, 2.05) is 18.3 Å². The number of rotatable bonds is 11. The van der Waals surface area contributed by atoms with Gasteiger partial charge in [-0.3, -0.25) is 4.98 Å². The van der Waals surface area contributed by atoms with Crippen molar-refractivity contribution in [3.05, 3.63) is 83.6 Å². The van der Waals surface area contributed by atoms with Crippen LogP contribution < -0.4 is 4.74 Å². The van der Waals surface area contributed by atoms with Crippen LogP contribution in [0.3, 0.4) is 0 Å². The highest BCUT2D eigenvalue weighted by Crippen LogP contribution is 2.21. The minimum absolute atomic E-state index is 0.758. The second-order valence-corrected chi connectivity index (χ2v) is 7.70. The monoisotopic (exact) mass is 387 g/mol. The zero-order chi connectivity index (χ0) is 20.3. The fourth-order valence-corrected chi connectivity index (χ4v) is 3.36. The quantitative estimate of drug-likeness (QED) is 0.329. The number of nitrogens with zero attached hydrogens (tertiary/aromatic N) is 1. The molecule has 0 atom stereocenters. The molecule has 0 saturated carbocycles. The van der Waals surface area contributed by atoms with Crippen molar-refractivity contribution in [2.45, 2.75) is 58.8 Å². The highest BCUT2D eigenvalue weighted by molar-refractivity contribution is 5.59. The molecule has 0 aliphatic carbocycles. The van der Waals surface area contributed by atoms with E-state index in [-0.39, 0.29) is 0 Å². The van der Waals surface area contributed by atoms with Crippen LogP contribution in [0.1, 0.15) is 56.2 Å². The number of hydrogen-bond donors (Lipinski definition) is 0. The largest absolute Gasteiger partial charge is 0.492 e. The van der Waals surface area contributed by atoms with Crippen LogP contribution in [0.2, 0.25) is 0 Å². The van der Waals surface area contributed by atoms with Crippen molar-refractivity contribution in [3.63, 3.8) is 0 Å².